The second kappa shape index (κ2) is 8.63. The molecule has 1 atom stereocenters. The van der Waals surface area contributed by atoms with Crippen LogP contribution in [-0.2, 0) is 16.6 Å². The molecule has 1 unspecified atom stereocenters. The monoisotopic (exact) mass is 343 g/mol. The van der Waals surface area contributed by atoms with Gasteiger partial charge in [-0.1, -0.05) is 0 Å². The third-order valence-corrected chi connectivity index (χ3v) is 4.49. The molecule has 2 aliphatic heterocycles. The summed E-state index contributed by atoms with van der Waals surface area (Å²) in [5.74, 6) is 1.30. The molecule has 1 aromatic heterocycles. The Bertz CT molecular complexity index is 504. The van der Waals surface area contributed by atoms with Crippen molar-refractivity contribution < 1.29 is 9.53 Å². The number of nitrogens with one attached hydrogen (secondary N) is 1. The van der Waals surface area contributed by atoms with Gasteiger partial charge in [-0.05, 0) is 0 Å². The number of hydrogen-bond acceptors (Lipinski definition) is 5. The van der Waals surface area contributed by atoms with Gasteiger partial charge in [0, 0.05) is 65.1 Å². The maximum Gasteiger partial charge on any atom is 0.224 e. The van der Waals surface area contributed by atoms with Gasteiger partial charge in [0.1, 0.15) is 5.82 Å². The lowest BCUT2D eigenvalue weighted by Gasteiger charge is -2.36. The van der Waals surface area contributed by atoms with Gasteiger partial charge in [0.25, 0.3) is 0 Å². The van der Waals surface area contributed by atoms with E-state index >= 15 is 0 Å². The molecule has 130 valence electrons. The molecule has 1 aromatic rings. The van der Waals surface area contributed by atoms with Crippen LogP contribution in [0.5, 0.6) is 0 Å². The summed E-state index contributed by atoms with van der Waals surface area (Å²) in [7, 11) is 2.02. The number of rotatable bonds is 4. The largest absolute Gasteiger partial charge is 0.378 e. The first-order chi connectivity index (χ1) is 10.8. The fourth-order valence-corrected chi connectivity index (χ4v) is 3.18. The fraction of sp³-hybridized carbons (Fsp3) is 0.733. The first kappa shape index (κ1) is 18.2. The van der Waals surface area contributed by atoms with E-state index in [2.05, 4.69) is 19.8 Å². The first-order valence-corrected chi connectivity index (χ1v) is 8.03. The lowest BCUT2D eigenvalue weighted by molar-refractivity contribution is -0.135. The average Bonchev–Trinajstić information content (AvgIpc) is 2.99. The summed E-state index contributed by atoms with van der Waals surface area (Å²) in [6.07, 6.45) is 4.38. The number of aromatic nitrogens is 2. The van der Waals surface area contributed by atoms with Gasteiger partial charge in [0.2, 0.25) is 5.91 Å². The first-order valence-electron chi connectivity index (χ1n) is 8.03. The Kier molecular flexibility index (Phi) is 6.83. The molecule has 23 heavy (non-hydrogen) atoms. The van der Waals surface area contributed by atoms with Crippen LogP contribution in [-0.4, -0.2) is 77.7 Å². The molecule has 0 saturated carbocycles. The van der Waals surface area contributed by atoms with Crippen molar-refractivity contribution in [2.24, 2.45) is 7.05 Å². The molecule has 0 aliphatic carbocycles. The van der Waals surface area contributed by atoms with Crippen molar-refractivity contribution in [2.45, 2.75) is 12.5 Å². The maximum atomic E-state index is 12.3. The molecule has 3 rings (SSSR count). The van der Waals surface area contributed by atoms with Crippen LogP contribution in [0.4, 0.5) is 0 Å². The topological polar surface area (TPSA) is 62.6 Å². The standard InChI is InChI=1S/C15H25N5O2.ClH/c1-18-6-4-17-15(18)13-12-16-3-7-19(13)5-2-14(21)20-8-10-22-11-9-20;/h4,6,13,16H,2-3,5,7-12H2,1H3;1H. The number of piperazine rings is 1. The molecule has 0 bridgehead atoms. The van der Waals surface area contributed by atoms with Crippen molar-refractivity contribution in [3.63, 3.8) is 0 Å². The third-order valence-electron chi connectivity index (χ3n) is 4.49. The smallest absolute Gasteiger partial charge is 0.224 e. The Morgan fingerprint density at radius 2 is 2.17 bits per heavy atom. The van der Waals surface area contributed by atoms with Crippen LogP contribution in [0.25, 0.3) is 0 Å². The Balaban J connectivity index is 0.00000192. The van der Waals surface area contributed by atoms with Crippen LogP contribution in [0.2, 0.25) is 0 Å². The number of aryl methyl sites for hydroxylation is 1. The van der Waals surface area contributed by atoms with Crippen LogP contribution < -0.4 is 5.32 Å². The Morgan fingerprint density at radius 1 is 1.39 bits per heavy atom. The molecule has 2 saturated heterocycles. The van der Waals surface area contributed by atoms with E-state index in [4.69, 9.17) is 4.74 Å². The third kappa shape index (κ3) is 4.44. The number of morpholine rings is 1. The van der Waals surface area contributed by atoms with Crippen molar-refractivity contribution in [1.29, 1.82) is 0 Å². The Hall–Kier alpha value is -1.15. The van der Waals surface area contributed by atoms with E-state index in [0.29, 0.717) is 19.6 Å². The fourth-order valence-electron chi connectivity index (χ4n) is 3.18. The van der Waals surface area contributed by atoms with Gasteiger partial charge in [0.05, 0.1) is 19.3 Å². The van der Waals surface area contributed by atoms with E-state index in [9.17, 15) is 4.79 Å². The molecule has 3 heterocycles. The summed E-state index contributed by atoms with van der Waals surface area (Å²) >= 11 is 0. The highest BCUT2D eigenvalue weighted by atomic mass is 35.5. The highest BCUT2D eigenvalue weighted by molar-refractivity contribution is 5.85. The molecule has 0 radical (unpaired) electrons. The molecule has 2 fully saturated rings. The van der Waals surface area contributed by atoms with Crippen LogP contribution in [0, 0.1) is 0 Å². The van der Waals surface area contributed by atoms with Gasteiger partial charge in [-0.15, -0.1) is 12.4 Å². The predicted octanol–water partition coefficient (Wildman–Crippen LogP) is 0.0371. The molecule has 1 N–H and O–H groups in total. The minimum atomic E-state index is 0. The van der Waals surface area contributed by atoms with E-state index in [1.54, 1.807) is 0 Å². The van der Waals surface area contributed by atoms with Gasteiger partial charge < -0.3 is 19.5 Å². The van der Waals surface area contributed by atoms with Gasteiger partial charge in [-0.2, -0.15) is 0 Å². The maximum absolute atomic E-state index is 12.3. The summed E-state index contributed by atoms with van der Waals surface area (Å²) in [5.41, 5.74) is 0. The second-order valence-corrected chi connectivity index (χ2v) is 5.90. The van der Waals surface area contributed by atoms with Crippen molar-refractivity contribution in [3.8, 4) is 0 Å². The van der Waals surface area contributed by atoms with E-state index in [-0.39, 0.29) is 24.4 Å². The number of hydrogen-bond donors (Lipinski definition) is 1. The zero-order chi connectivity index (χ0) is 15.4. The number of nitrogens with zero attached hydrogens (tertiary/aromatic N) is 4. The normalized spacial score (nSPS) is 22.7. The molecule has 8 heteroatoms. The van der Waals surface area contributed by atoms with E-state index in [1.807, 2.05) is 24.3 Å². The number of carbonyl (C=O) groups excluding carboxylic acids is 1. The molecule has 2 aliphatic rings. The van der Waals surface area contributed by atoms with Crippen molar-refractivity contribution in [3.05, 3.63) is 18.2 Å². The zero-order valence-corrected chi connectivity index (χ0v) is 14.4. The average molecular weight is 344 g/mol. The number of ether oxygens (including phenoxy) is 1. The molecular formula is C15H26ClN5O2. The van der Waals surface area contributed by atoms with E-state index in [1.165, 1.54) is 0 Å². The molecular weight excluding hydrogens is 318 g/mol. The number of amides is 1. The highest BCUT2D eigenvalue weighted by Crippen LogP contribution is 2.20. The summed E-state index contributed by atoms with van der Waals surface area (Å²) < 4.78 is 7.36. The molecule has 0 spiro atoms. The van der Waals surface area contributed by atoms with Gasteiger partial charge >= 0.3 is 0 Å². The SMILES string of the molecule is Cl.Cn1ccnc1C1CNCCN1CCC(=O)N1CCOCC1. The summed E-state index contributed by atoms with van der Waals surface area (Å²) in [6, 6.07) is 0.242. The van der Waals surface area contributed by atoms with Crippen LogP contribution >= 0.6 is 12.4 Å². The molecule has 7 nitrogen and oxygen atoms in total. The summed E-state index contributed by atoms with van der Waals surface area (Å²) in [4.78, 5) is 21.1. The van der Waals surface area contributed by atoms with Crippen LogP contribution in [0.3, 0.4) is 0 Å². The van der Waals surface area contributed by atoms with Gasteiger partial charge in [0.15, 0.2) is 0 Å². The van der Waals surface area contributed by atoms with Gasteiger partial charge in [-0.25, -0.2) is 4.98 Å². The summed E-state index contributed by atoms with van der Waals surface area (Å²) in [5, 5.41) is 3.42. The Labute approximate surface area is 143 Å². The van der Waals surface area contributed by atoms with Crippen LogP contribution in [0.1, 0.15) is 18.3 Å². The predicted molar refractivity (Wildman–Crippen MR) is 89.7 cm³/mol. The number of imidazole rings is 1. The number of halogens is 1. The second-order valence-electron chi connectivity index (χ2n) is 5.90. The summed E-state index contributed by atoms with van der Waals surface area (Å²) in [6.45, 7) is 6.36. The van der Waals surface area contributed by atoms with E-state index < -0.39 is 0 Å². The van der Waals surface area contributed by atoms with Crippen molar-refractivity contribution >= 4 is 18.3 Å². The minimum absolute atomic E-state index is 0. The minimum Gasteiger partial charge on any atom is -0.378 e. The van der Waals surface area contributed by atoms with Gasteiger partial charge in [-0.3, -0.25) is 9.69 Å². The zero-order valence-electron chi connectivity index (χ0n) is 13.6. The lowest BCUT2D eigenvalue weighted by atomic mass is 10.1. The number of carbonyl (C=O) groups is 1. The lowest BCUT2D eigenvalue weighted by Crippen LogP contribution is -2.48. The van der Waals surface area contributed by atoms with Crippen molar-refractivity contribution in [1.82, 2.24) is 24.7 Å². The molecule has 0 aromatic carbocycles. The quantitative estimate of drug-likeness (QED) is 0.836. The van der Waals surface area contributed by atoms with Crippen molar-refractivity contribution in [2.75, 3.05) is 52.5 Å². The Morgan fingerprint density at radius 3 is 2.87 bits per heavy atom. The highest BCUT2D eigenvalue weighted by Gasteiger charge is 2.27. The van der Waals surface area contributed by atoms with Crippen LogP contribution in [0.15, 0.2) is 12.4 Å². The van der Waals surface area contributed by atoms with E-state index in [0.717, 1.165) is 45.1 Å². The molecule has 1 amide bonds.